The van der Waals surface area contributed by atoms with Crippen molar-refractivity contribution in [2.24, 2.45) is 5.92 Å². The largest absolute Gasteiger partial charge is 0.419 e. The van der Waals surface area contributed by atoms with Gasteiger partial charge in [0.2, 0.25) is 0 Å². The summed E-state index contributed by atoms with van der Waals surface area (Å²) in [6, 6.07) is 8.15. The van der Waals surface area contributed by atoms with Crippen LogP contribution in [-0.2, 0) is 6.18 Å². The molecule has 0 atom stereocenters. The van der Waals surface area contributed by atoms with Crippen LogP contribution in [0.1, 0.15) is 55.6 Å². The number of fused-ring (bicyclic) bond motifs is 1. The Bertz CT molecular complexity index is 1150. The van der Waals surface area contributed by atoms with Gasteiger partial charge in [0, 0.05) is 5.39 Å². The van der Waals surface area contributed by atoms with Crippen LogP contribution in [0.5, 0.6) is 0 Å². The van der Waals surface area contributed by atoms with Gasteiger partial charge in [-0.2, -0.15) is 13.2 Å². The van der Waals surface area contributed by atoms with Gasteiger partial charge in [0.1, 0.15) is 17.5 Å². The predicted molar refractivity (Wildman–Crippen MR) is 118 cm³/mol. The monoisotopic (exact) mass is 462 g/mol. The van der Waals surface area contributed by atoms with Gasteiger partial charge in [0.15, 0.2) is 0 Å². The van der Waals surface area contributed by atoms with Gasteiger partial charge in [-0.25, -0.2) is 13.2 Å². The van der Waals surface area contributed by atoms with Gasteiger partial charge >= 0.3 is 6.18 Å². The van der Waals surface area contributed by atoms with Crippen molar-refractivity contribution in [2.45, 2.75) is 50.6 Å². The van der Waals surface area contributed by atoms with Gasteiger partial charge in [0.25, 0.3) is 0 Å². The van der Waals surface area contributed by atoms with Crippen LogP contribution < -0.4 is 0 Å². The molecule has 3 aromatic rings. The third-order valence-electron chi connectivity index (χ3n) is 6.71. The molecule has 0 N–H and O–H groups in total. The minimum absolute atomic E-state index is 0.0921. The first-order valence-electron chi connectivity index (χ1n) is 11.1. The molecule has 1 aliphatic carbocycles. The molecule has 4 rings (SSSR count). The van der Waals surface area contributed by atoms with Crippen molar-refractivity contribution < 1.29 is 26.3 Å². The molecule has 0 unspecified atom stereocenters. The van der Waals surface area contributed by atoms with Crippen molar-refractivity contribution in [1.29, 1.82) is 0 Å². The number of hydrogen-bond acceptors (Lipinski definition) is 0. The molecular formula is C27H24F6. The Morgan fingerprint density at radius 1 is 0.879 bits per heavy atom. The molecule has 0 heterocycles. The van der Waals surface area contributed by atoms with E-state index in [1.807, 2.05) is 6.08 Å². The highest BCUT2D eigenvalue weighted by Crippen LogP contribution is 2.40. The SMILES string of the molecule is C=CCCC1CCC(c2cc(F)c(-c3ccc4c(F)c(C(F)(F)F)ccc4c3)c(F)c2)CC1. The van der Waals surface area contributed by atoms with E-state index in [1.165, 1.54) is 24.3 Å². The van der Waals surface area contributed by atoms with Crippen molar-refractivity contribution in [3.63, 3.8) is 0 Å². The summed E-state index contributed by atoms with van der Waals surface area (Å²) in [6.45, 7) is 3.75. The standard InChI is InChI=1S/C27H24F6/c1-2-3-4-16-5-7-17(8-6-16)20-14-23(28)25(24(29)15-20)19-9-11-21-18(13-19)10-12-22(26(21)30)27(31,32)33/h2,9-17H,1,3-8H2. The molecule has 0 amide bonds. The Morgan fingerprint density at radius 2 is 1.55 bits per heavy atom. The van der Waals surface area contributed by atoms with Gasteiger partial charge in [0.05, 0.1) is 11.1 Å². The van der Waals surface area contributed by atoms with E-state index in [9.17, 15) is 17.6 Å². The van der Waals surface area contributed by atoms with E-state index < -0.39 is 29.2 Å². The molecule has 1 fully saturated rings. The smallest absolute Gasteiger partial charge is 0.206 e. The third kappa shape index (κ3) is 4.80. The van der Waals surface area contributed by atoms with E-state index in [1.54, 1.807) is 0 Å². The summed E-state index contributed by atoms with van der Waals surface area (Å²) in [5, 5.41) is -0.113. The second-order valence-corrected chi connectivity index (χ2v) is 8.80. The van der Waals surface area contributed by atoms with Crippen LogP contribution >= 0.6 is 0 Å². The lowest BCUT2D eigenvalue weighted by Gasteiger charge is -2.29. The van der Waals surface area contributed by atoms with Crippen LogP contribution in [0.3, 0.4) is 0 Å². The van der Waals surface area contributed by atoms with E-state index in [2.05, 4.69) is 6.58 Å². The summed E-state index contributed by atoms with van der Waals surface area (Å²) in [5.41, 5.74) is -0.863. The van der Waals surface area contributed by atoms with Crippen LogP contribution in [0.2, 0.25) is 0 Å². The predicted octanol–water partition coefficient (Wildman–Crippen LogP) is 9.18. The molecule has 0 aromatic heterocycles. The minimum Gasteiger partial charge on any atom is -0.206 e. The van der Waals surface area contributed by atoms with E-state index in [-0.39, 0.29) is 27.8 Å². The fourth-order valence-corrected chi connectivity index (χ4v) is 4.91. The van der Waals surface area contributed by atoms with Gasteiger partial charge < -0.3 is 0 Å². The van der Waals surface area contributed by atoms with Gasteiger partial charge in [-0.1, -0.05) is 24.3 Å². The van der Waals surface area contributed by atoms with Crippen LogP contribution in [0.4, 0.5) is 26.3 Å². The maximum absolute atomic E-state index is 15.0. The molecule has 3 aromatic carbocycles. The molecule has 0 nitrogen and oxygen atoms in total. The quantitative estimate of drug-likeness (QED) is 0.262. The van der Waals surface area contributed by atoms with E-state index in [0.717, 1.165) is 50.7 Å². The zero-order valence-corrected chi connectivity index (χ0v) is 18.0. The van der Waals surface area contributed by atoms with E-state index in [0.29, 0.717) is 17.5 Å². The van der Waals surface area contributed by atoms with E-state index in [4.69, 9.17) is 0 Å². The minimum atomic E-state index is -4.82. The van der Waals surface area contributed by atoms with Crippen molar-refractivity contribution in [2.75, 3.05) is 0 Å². The average Bonchev–Trinajstić information content (AvgIpc) is 2.77. The Kier molecular flexibility index (Phi) is 6.55. The van der Waals surface area contributed by atoms with Crippen LogP contribution in [-0.4, -0.2) is 0 Å². The molecule has 1 saturated carbocycles. The molecule has 0 saturated heterocycles. The second-order valence-electron chi connectivity index (χ2n) is 8.80. The Morgan fingerprint density at radius 3 is 2.15 bits per heavy atom. The highest BCUT2D eigenvalue weighted by molar-refractivity contribution is 5.88. The number of alkyl halides is 3. The fourth-order valence-electron chi connectivity index (χ4n) is 4.91. The molecule has 0 bridgehead atoms. The molecular weight excluding hydrogens is 438 g/mol. The number of halogens is 6. The molecule has 33 heavy (non-hydrogen) atoms. The maximum Gasteiger partial charge on any atom is 0.419 e. The number of allylic oxidation sites excluding steroid dienone is 1. The molecule has 6 heteroatoms. The number of benzene rings is 3. The zero-order valence-electron chi connectivity index (χ0n) is 18.0. The topological polar surface area (TPSA) is 0 Å². The van der Waals surface area contributed by atoms with Gasteiger partial charge in [-0.3, -0.25) is 0 Å². The van der Waals surface area contributed by atoms with Crippen LogP contribution in [0.15, 0.2) is 55.1 Å². The maximum atomic E-state index is 15.0. The molecule has 0 aliphatic heterocycles. The molecule has 1 aliphatic rings. The van der Waals surface area contributed by atoms with Crippen LogP contribution in [0.25, 0.3) is 21.9 Å². The number of rotatable bonds is 5. The van der Waals surface area contributed by atoms with Crippen molar-refractivity contribution in [1.82, 2.24) is 0 Å². The Balaban J connectivity index is 1.61. The molecule has 0 radical (unpaired) electrons. The molecule has 0 spiro atoms. The zero-order chi connectivity index (χ0) is 23.8. The normalized spacial score (nSPS) is 19.1. The second kappa shape index (κ2) is 9.24. The first-order valence-corrected chi connectivity index (χ1v) is 11.1. The van der Waals surface area contributed by atoms with Crippen molar-refractivity contribution >= 4 is 10.8 Å². The summed E-state index contributed by atoms with van der Waals surface area (Å²) in [5.74, 6) is -2.15. The lowest BCUT2D eigenvalue weighted by Crippen LogP contribution is -2.13. The third-order valence-corrected chi connectivity index (χ3v) is 6.71. The first kappa shape index (κ1) is 23.4. The summed E-state index contributed by atoms with van der Waals surface area (Å²) in [4.78, 5) is 0. The van der Waals surface area contributed by atoms with Crippen LogP contribution in [0, 0.1) is 23.4 Å². The van der Waals surface area contributed by atoms with Gasteiger partial charge in [-0.15, -0.1) is 6.58 Å². The highest BCUT2D eigenvalue weighted by Gasteiger charge is 2.34. The highest BCUT2D eigenvalue weighted by atomic mass is 19.4. The molecule has 174 valence electrons. The average molecular weight is 462 g/mol. The van der Waals surface area contributed by atoms with E-state index >= 15 is 8.78 Å². The summed E-state index contributed by atoms with van der Waals surface area (Å²) in [7, 11) is 0. The lowest BCUT2D eigenvalue weighted by atomic mass is 9.77. The number of hydrogen-bond donors (Lipinski definition) is 0. The van der Waals surface area contributed by atoms with Crippen molar-refractivity contribution in [3.8, 4) is 11.1 Å². The van der Waals surface area contributed by atoms with Gasteiger partial charge in [-0.05, 0) is 91.1 Å². The lowest BCUT2D eigenvalue weighted by molar-refractivity contribution is -0.139. The first-order chi connectivity index (χ1) is 15.7. The van der Waals surface area contributed by atoms with Crippen molar-refractivity contribution in [3.05, 3.63) is 83.7 Å². The Hall–Kier alpha value is -2.76. The summed E-state index contributed by atoms with van der Waals surface area (Å²) < 4.78 is 83.2. The summed E-state index contributed by atoms with van der Waals surface area (Å²) >= 11 is 0. The summed E-state index contributed by atoms with van der Waals surface area (Å²) in [6.07, 6.45) is 2.92. The Labute approximate surface area is 188 Å². The fraction of sp³-hybridized carbons (Fsp3) is 0.333.